The van der Waals surface area contributed by atoms with Gasteiger partial charge in [-0.1, -0.05) is 18.2 Å². The highest BCUT2D eigenvalue weighted by Crippen LogP contribution is 2.27. The fourth-order valence-electron chi connectivity index (χ4n) is 4.07. The zero-order chi connectivity index (χ0) is 20.3. The van der Waals surface area contributed by atoms with Crippen LogP contribution in [0.5, 0.6) is 5.75 Å². The number of guanidine groups is 1. The molecule has 1 saturated carbocycles. The maximum Gasteiger partial charge on any atom is 0.194 e. The molecular formula is C23H38IN3O3. The van der Waals surface area contributed by atoms with Gasteiger partial charge in [0, 0.05) is 38.2 Å². The van der Waals surface area contributed by atoms with Gasteiger partial charge in [0.25, 0.3) is 0 Å². The Morgan fingerprint density at radius 1 is 1.17 bits per heavy atom. The van der Waals surface area contributed by atoms with Gasteiger partial charge < -0.3 is 24.4 Å². The van der Waals surface area contributed by atoms with Gasteiger partial charge in [-0.15, -0.1) is 24.0 Å². The third-order valence-electron chi connectivity index (χ3n) is 5.67. The molecule has 170 valence electrons. The maximum absolute atomic E-state index is 6.28. The zero-order valence-corrected chi connectivity index (χ0v) is 20.8. The molecule has 1 aliphatic heterocycles. The van der Waals surface area contributed by atoms with Crippen LogP contribution >= 0.6 is 24.0 Å². The Morgan fingerprint density at radius 3 is 2.73 bits per heavy atom. The van der Waals surface area contributed by atoms with Crippen molar-refractivity contribution in [2.24, 2.45) is 10.9 Å². The van der Waals surface area contributed by atoms with Gasteiger partial charge in [0.15, 0.2) is 5.96 Å². The number of halogens is 1. The fourth-order valence-corrected chi connectivity index (χ4v) is 4.07. The smallest absolute Gasteiger partial charge is 0.194 e. The van der Waals surface area contributed by atoms with Crippen molar-refractivity contribution in [3.8, 4) is 5.75 Å². The number of methoxy groups -OCH3 is 1. The maximum atomic E-state index is 6.28. The van der Waals surface area contributed by atoms with Gasteiger partial charge in [-0.05, 0) is 45.1 Å². The van der Waals surface area contributed by atoms with Crippen molar-refractivity contribution < 1.29 is 14.2 Å². The van der Waals surface area contributed by atoms with E-state index in [1.165, 1.54) is 25.7 Å². The summed E-state index contributed by atoms with van der Waals surface area (Å²) in [6.07, 6.45) is 6.40. The summed E-state index contributed by atoms with van der Waals surface area (Å²) in [5.41, 5.74) is 1.16. The molecule has 1 unspecified atom stereocenters. The van der Waals surface area contributed by atoms with Crippen LogP contribution in [-0.4, -0.2) is 63.5 Å². The number of rotatable bonds is 10. The van der Waals surface area contributed by atoms with Crippen LogP contribution in [0.25, 0.3) is 0 Å². The van der Waals surface area contributed by atoms with E-state index in [1.54, 1.807) is 7.11 Å². The number of para-hydroxylation sites is 1. The molecule has 6 nitrogen and oxygen atoms in total. The quantitative estimate of drug-likeness (QED) is 0.214. The van der Waals surface area contributed by atoms with Crippen molar-refractivity contribution in [1.82, 2.24) is 10.2 Å². The molecule has 0 aromatic heterocycles. The third kappa shape index (κ3) is 7.89. The molecule has 2 fully saturated rings. The van der Waals surface area contributed by atoms with Gasteiger partial charge in [0.2, 0.25) is 0 Å². The Balaban J connectivity index is 0.00000320. The molecule has 1 heterocycles. The topological polar surface area (TPSA) is 55.3 Å². The lowest BCUT2D eigenvalue weighted by atomic mass is 10.1. The molecular weight excluding hydrogens is 493 g/mol. The molecule has 2 aliphatic rings. The molecule has 1 aromatic rings. The summed E-state index contributed by atoms with van der Waals surface area (Å²) < 4.78 is 17.0. The van der Waals surface area contributed by atoms with Crippen molar-refractivity contribution in [2.45, 2.75) is 51.7 Å². The fraction of sp³-hybridized carbons (Fsp3) is 0.696. The van der Waals surface area contributed by atoms with Crippen LogP contribution in [-0.2, 0) is 16.0 Å². The second-order valence-corrected chi connectivity index (χ2v) is 7.97. The molecule has 1 atom stereocenters. The van der Waals surface area contributed by atoms with Crippen LogP contribution in [0.3, 0.4) is 0 Å². The molecule has 1 aliphatic carbocycles. The average molecular weight is 531 g/mol. The van der Waals surface area contributed by atoms with E-state index in [2.05, 4.69) is 41.4 Å². The highest BCUT2D eigenvalue weighted by molar-refractivity contribution is 14.0. The molecule has 1 aromatic carbocycles. The van der Waals surface area contributed by atoms with Gasteiger partial charge in [0.1, 0.15) is 5.75 Å². The van der Waals surface area contributed by atoms with Crippen molar-refractivity contribution in [2.75, 3.05) is 46.6 Å². The Hall–Kier alpha value is -1.06. The summed E-state index contributed by atoms with van der Waals surface area (Å²) >= 11 is 0. The largest absolute Gasteiger partial charge is 0.490 e. The number of benzene rings is 1. The summed E-state index contributed by atoms with van der Waals surface area (Å²) in [6.45, 7) is 7.73. The van der Waals surface area contributed by atoms with Crippen molar-refractivity contribution in [1.29, 1.82) is 0 Å². The van der Waals surface area contributed by atoms with Crippen LogP contribution in [0, 0.1) is 5.92 Å². The van der Waals surface area contributed by atoms with Gasteiger partial charge in [-0.2, -0.15) is 0 Å². The van der Waals surface area contributed by atoms with Gasteiger partial charge >= 0.3 is 0 Å². The van der Waals surface area contributed by atoms with E-state index in [0.29, 0.717) is 31.8 Å². The summed E-state index contributed by atoms with van der Waals surface area (Å²) in [7, 11) is 1.71. The van der Waals surface area contributed by atoms with Crippen LogP contribution in [0.1, 0.15) is 44.6 Å². The van der Waals surface area contributed by atoms with Gasteiger partial charge in [-0.3, -0.25) is 0 Å². The Morgan fingerprint density at radius 2 is 1.97 bits per heavy atom. The first-order valence-electron chi connectivity index (χ1n) is 11.1. The molecule has 3 rings (SSSR count). The predicted molar refractivity (Wildman–Crippen MR) is 132 cm³/mol. The first kappa shape index (κ1) is 25.2. The summed E-state index contributed by atoms with van der Waals surface area (Å²) in [4.78, 5) is 7.29. The SMILES string of the molecule is CCNC(=NCc1ccccc1OC1CCCC1)N1CCC(COCCOC)C1.I. The molecule has 0 radical (unpaired) electrons. The van der Waals surface area contributed by atoms with E-state index in [0.717, 1.165) is 49.9 Å². The minimum atomic E-state index is 0. The van der Waals surface area contributed by atoms with E-state index in [9.17, 15) is 0 Å². The monoisotopic (exact) mass is 531 g/mol. The summed E-state index contributed by atoms with van der Waals surface area (Å²) in [6, 6.07) is 8.34. The summed E-state index contributed by atoms with van der Waals surface area (Å²) in [5.74, 6) is 2.53. The second-order valence-electron chi connectivity index (χ2n) is 7.97. The van der Waals surface area contributed by atoms with Crippen LogP contribution < -0.4 is 10.1 Å². The van der Waals surface area contributed by atoms with Crippen molar-refractivity contribution in [3.63, 3.8) is 0 Å². The van der Waals surface area contributed by atoms with E-state index in [1.807, 2.05) is 0 Å². The number of likely N-dealkylation sites (tertiary alicyclic amines) is 1. The molecule has 7 heteroatoms. The molecule has 1 N–H and O–H groups in total. The molecule has 30 heavy (non-hydrogen) atoms. The lowest BCUT2D eigenvalue weighted by Gasteiger charge is -2.22. The first-order valence-corrected chi connectivity index (χ1v) is 11.1. The van der Waals surface area contributed by atoms with Crippen LogP contribution in [0.4, 0.5) is 0 Å². The number of hydrogen-bond acceptors (Lipinski definition) is 4. The number of aliphatic imine (C=N–C) groups is 1. The van der Waals surface area contributed by atoms with Crippen LogP contribution in [0.15, 0.2) is 29.3 Å². The minimum Gasteiger partial charge on any atom is -0.490 e. The summed E-state index contributed by atoms with van der Waals surface area (Å²) in [5, 5.41) is 3.46. The lowest BCUT2D eigenvalue weighted by Crippen LogP contribution is -2.40. The highest BCUT2D eigenvalue weighted by atomic mass is 127. The Bertz CT molecular complexity index is 638. The van der Waals surface area contributed by atoms with Gasteiger partial charge in [0.05, 0.1) is 32.5 Å². The van der Waals surface area contributed by atoms with E-state index in [-0.39, 0.29) is 24.0 Å². The zero-order valence-electron chi connectivity index (χ0n) is 18.5. The normalized spacial score (nSPS) is 19.7. The van der Waals surface area contributed by atoms with Gasteiger partial charge in [-0.25, -0.2) is 4.99 Å². The number of ether oxygens (including phenoxy) is 3. The van der Waals surface area contributed by atoms with E-state index in [4.69, 9.17) is 19.2 Å². The first-order chi connectivity index (χ1) is 14.3. The second kappa shape index (κ2) is 14.1. The average Bonchev–Trinajstić information content (AvgIpc) is 3.42. The molecule has 0 bridgehead atoms. The van der Waals surface area contributed by atoms with Crippen molar-refractivity contribution in [3.05, 3.63) is 29.8 Å². The lowest BCUT2D eigenvalue weighted by molar-refractivity contribution is 0.0536. The minimum absolute atomic E-state index is 0. The highest BCUT2D eigenvalue weighted by Gasteiger charge is 2.25. The standard InChI is InChI=1S/C23H37N3O3.HI/c1-3-24-23(26-13-12-19(17-26)18-28-15-14-27-2)25-16-20-8-4-7-11-22(20)29-21-9-5-6-10-21;/h4,7-8,11,19,21H,3,5-6,9-10,12-18H2,1-2H3,(H,24,25);1H. The van der Waals surface area contributed by atoms with Crippen molar-refractivity contribution >= 4 is 29.9 Å². The molecule has 1 saturated heterocycles. The third-order valence-corrected chi connectivity index (χ3v) is 5.67. The van der Waals surface area contributed by atoms with Crippen LogP contribution in [0.2, 0.25) is 0 Å². The number of nitrogens with one attached hydrogen (secondary N) is 1. The molecule has 0 amide bonds. The molecule has 0 spiro atoms. The Labute approximate surface area is 198 Å². The van der Waals surface area contributed by atoms with E-state index >= 15 is 0 Å². The number of hydrogen-bond donors (Lipinski definition) is 1. The number of nitrogens with zero attached hydrogens (tertiary/aromatic N) is 2. The van der Waals surface area contributed by atoms with E-state index < -0.39 is 0 Å². The predicted octanol–water partition coefficient (Wildman–Crippen LogP) is 4.08. The Kier molecular flexibility index (Phi) is 11.8.